The van der Waals surface area contributed by atoms with Crippen LogP contribution in [0.3, 0.4) is 0 Å². The minimum absolute atomic E-state index is 0.121. The molecule has 0 spiro atoms. The minimum Gasteiger partial charge on any atom is -0.393 e. The molecule has 8 atom stereocenters. The van der Waals surface area contributed by atoms with Crippen LogP contribution in [0.5, 0.6) is 0 Å². The molecule has 152 valence electrons. The van der Waals surface area contributed by atoms with Gasteiger partial charge in [-0.15, -0.1) is 0 Å². The first-order valence-electron chi connectivity index (χ1n) is 10.7. The summed E-state index contributed by atoms with van der Waals surface area (Å²) >= 11 is 4.84. The van der Waals surface area contributed by atoms with E-state index in [1.165, 1.54) is 6.42 Å². The van der Waals surface area contributed by atoms with Gasteiger partial charge in [0.05, 0.1) is 11.7 Å². The number of fused-ring (bicyclic) bond motifs is 5. The van der Waals surface area contributed by atoms with Crippen molar-refractivity contribution in [3.63, 3.8) is 0 Å². The van der Waals surface area contributed by atoms with Crippen LogP contribution in [0.1, 0.15) is 71.6 Å². The number of thiocarbonyl (C=S) groups is 1. The number of nitrogens with zero attached hydrogens (tertiary/aromatic N) is 1. The largest absolute Gasteiger partial charge is 0.393 e. The van der Waals surface area contributed by atoms with E-state index in [9.17, 15) is 10.2 Å². The Kier molecular flexibility index (Phi) is 4.84. The van der Waals surface area contributed by atoms with E-state index < -0.39 is 5.60 Å². The highest BCUT2D eigenvalue weighted by Gasteiger charge is 2.66. The van der Waals surface area contributed by atoms with E-state index in [1.807, 2.05) is 6.21 Å². The fourth-order valence-corrected chi connectivity index (χ4v) is 7.73. The average Bonchev–Trinajstić information content (AvgIpc) is 2.87. The van der Waals surface area contributed by atoms with Crippen molar-refractivity contribution in [2.24, 2.45) is 45.3 Å². The van der Waals surface area contributed by atoms with E-state index in [2.05, 4.69) is 24.4 Å². The van der Waals surface area contributed by atoms with Crippen molar-refractivity contribution in [2.75, 3.05) is 0 Å². The third-order valence-electron chi connectivity index (χ3n) is 9.33. The Morgan fingerprint density at radius 3 is 2.63 bits per heavy atom. The molecule has 5 N–H and O–H groups in total. The van der Waals surface area contributed by atoms with E-state index in [0.717, 1.165) is 51.4 Å². The van der Waals surface area contributed by atoms with E-state index in [0.29, 0.717) is 17.8 Å². The predicted molar refractivity (Wildman–Crippen MR) is 111 cm³/mol. The Balaban J connectivity index is 1.59. The summed E-state index contributed by atoms with van der Waals surface area (Å²) in [5.74, 6) is 1.81. The Morgan fingerprint density at radius 2 is 1.89 bits per heavy atom. The van der Waals surface area contributed by atoms with Gasteiger partial charge in [0.15, 0.2) is 5.11 Å². The lowest BCUT2D eigenvalue weighted by molar-refractivity contribution is -0.206. The van der Waals surface area contributed by atoms with Crippen molar-refractivity contribution in [3.05, 3.63) is 0 Å². The first-order chi connectivity index (χ1) is 12.7. The molecular formula is C21H35N3O2S. The second-order valence-corrected chi connectivity index (χ2v) is 10.6. The van der Waals surface area contributed by atoms with E-state index in [4.69, 9.17) is 18.0 Å². The van der Waals surface area contributed by atoms with Crippen LogP contribution in [0, 0.1) is 34.5 Å². The minimum atomic E-state index is -0.611. The van der Waals surface area contributed by atoms with Crippen LogP contribution >= 0.6 is 12.2 Å². The van der Waals surface area contributed by atoms with Crippen molar-refractivity contribution in [1.82, 2.24) is 5.43 Å². The quantitative estimate of drug-likeness (QED) is 0.329. The molecule has 0 aromatic rings. The summed E-state index contributed by atoms with van der Waals surface area (Å²) in [7, 11) is 0. The first-order valence-corrected chi connectivity index (χ1v) is 11.1. The molecule has 0 unspecified atom stereocenters. The molecule has 4 aliphatic rings. The normalized spacial score (nSPS) is 52.1. The van der Waals surface area contributed by atoms with Gasteiger partial charge < -0.3 is 15.9 Å². The van der Waals surface area contributed by atoms with Crippen LogP contribution in [-0.4, -0.2) is 33.2 Å². The van der Waals surface area contributed by atoms with Gasteiger partial charge in [0, 0.05) is 17.5 Å². The summed E-state index contributed by atoms with van der Waals surface area (Å²) in [5, 5.41) is 26.6. The highest BCUT2D eigenvalue weighted by molar-refractivity contribution is 7.80. The summed E-state index contributed by atoms with van der Waals surface area (Å²) in [6.45, 7) is 4.72. The molecular weight excluding hydrogens is 358 g/mol. The molecule has 0 aromatic carbocycles. The van der Waals surface area contributed by atoms with Gasteiger partial charge >= 0.3 is 0 Å². The zero-order valence-corrected chi connectivity index (χ0v) is 17.5. The van der Waals surface area contributed by atoms with Crippen molar-refractivity contribution in [2.45, 2.75) is 83.3 Å². The summed E-state index contributed by atoms with van der Waals surface area (Å²) in [5.41, 5.74) is 7.69. The lowest BCUT2D eigenvalue weighted by Crippen LogP contribution is -2.62. The SMILES string of the molecule is C[C@]12CC[C@H](O)C[C@H]1CC[C@@H]1[C@@H]2CC[C@]2(C)[C@@H](/C=N/NC(N)=S)CC[C@]12O. The first kappa shape index (κ1) is 19.6. The van der Waals surface area contributed by atoms with Gasteiger partial charge in [0.1, 0.15) is 0 Å². The van der Waals surface area contributed by atoms with Gasteiger partial charge in [-0.05, 0) is 93.2 Å². The Morgan fingerprint density at radius 1 is 1.11 bits per heavy atom. The van der Waals surface area contributed by atoms with Crippen molar-refractivity contribution >= 4 is 23.5 Å². The summed E-state index contributed by atoms with van der Waals surface area (Å²) in [4.78, 5) is 0. The zero-order valence-electron chi connectivity index (χ0n) is 16.7. The lowest BCUT2D eigenvalue weighted by Gasteiger charge is -2.63. The van der Waals surface area contributed by atoms with Crippen LogP contribution in [0.15, 0.2) is 5.10 Å². The monoisotopic (exact) mass is 393 g/mol. The van der Waals surface area contributed by atoms with Gasteiger partial charge in [-0.3, -0.25) is 5.43 Å². The Labute approximate surface area is 168 Å². The van der Waals surface area contributed by atoms with Crippen LogP contribution in [-0.2, 0) is 0 Å². The second-order valence-electron chi connectivity index (χ2n) is 10.2. The number of hydrogen-bond acceptors (Lipinski definition) is 4. The molecule has 0 radical (unpaired) electrons. The number of aliphatic hydroxyl groups is 2. The van der Waals surface area contributed by atoms with Crippen molar-refractivity contribution in [1.29, 1.82) is 0 Å². The summed E-state index contributed by atoms with van der Waals surface area (Å²) in [6.07, 6.45) is 11.1. The zero-order chi connectivity index (χ0) is 19.4. The van der Waals surface area contributed by atoms with Gasteiger partial charge in [-0.1, -0.05) is 13.8 Å². The molecule has 0 amide bonds. The summed E-state index contributed by atoms with van der Waals surface area (Å²) in [6, 6.07) is 0. The molecule has 27 heavy (non-hydrogen) atoms. The molecule has 4 saturated carbocycles. The van der Waals surface area contributed by atoms with Crippen LogP contribution in [0.2, 0.25) is 0 Å². The van der Waals surface area contributed by atoms with Gasteiger partial charge in [0.2, 0.25) is 0 Å². The maximum Gasteiger partial charge on any atom is 0.184 e. The van der Waals surface area contributed by atoms with E-state index in [1.54, 1.807) is 0 Å². The molecule has 4 fully saturated rings. The van der Waals surface area contributed by atoms with Crippen LogP contribution in [0.25, 0.3) is 0 Å². The third kappa shape index (κ3) is 2.85. The van der Waals surface area contributed by atoms with Crippen molar-refractivity contribution in [3.8, 4) is 0 Å². The smallest absolute Gasteiger partial charge is 0.184 e. The molecule has 6 heteroatoms. The lowest BCUT2D eigenvalue weighted by atomic mass is 9.43. The fraction of sp³-hybridized carbons (Fsp3) is 0.905. The molecule has 0 aliphatic heterocycles. The number of nitrogens with one attached hydrogen (secondary N) is 1. The molecule has 0 heterocycles. The number of rotatable bonds is 2. The van der Waals surface area contributed by atoms with Gasteiger partial charge in [-0.25, -0.2) is 0 Å². The van der Waals surface area contributed by atoms with Gasteiger partial charge in [-0.2, -0.15) is 5.10 Å². The number of aliphatic hydroxyl groups excluding tert-OH is 1. The number of hydrogen-bond donors (Lipinski definition) is 4. The number of nitrogens with two attached hydrogens (primary N) is 1. The second kappa shape index (κ2) is 6.67. The highest BCUT2D eigenvalue weighted by atomic mass is 32.1. The topological polar surface area (TPSA) is 90.9 Å². The third-order valence-corrected chi connectivity index (χ3v) is 9.42. The molecule has 0 bridgehead atoms. The van der Waals surface area contributed by atoms with Gasteiger partial charge in [0.25, 0.3) is 0 Å². The molecule has 4 rings (SSSR count). The highest BCUT2D eigenvalue weighted by Crippen LogP contribution is 2.68. The van der Waals surface area contributed by atoms with Crippen molar-refractivity contribution < 1.29 is 10.2 Å². The predicted octanol–water partition coefficient (Wildman–Crippen LogP) is 2.94. The fourth-order valence-electron chi connectivity index (χ4n) is 7.67. The van der Waals surface area contributed by atoms with Crippen LogP contribution in [0.4, 0.5) is 0 Å². The Bertz CT molecular complexity index is 643. The molecule has 5 nitrogen and oxygen atoms in total. The summed E-state index contributed by atoms with van der Waals surface area (Å²) < 4.78 is 0. The molecule has 0 aromatic heterocycles. The van der Waals surface area contributed by atoms with E-state index in [-0.39, 0.29) is 28.0 Å². The average molecular weight is 394 g/mol. The standard InChI is InChI=1S/C21H35N3O2S/c1-19-8-6-15(25)11-13(19)3-4-17-16(19)7-9-20(2)14(5-10-21(17,20)26)12-23-24-18(22)27/h12-17,25-26H,3-11H2,1-2H3,(H3,22,24,27)/b23-12+/t13-,14-,15+,16+,17-,19+,20-,21+/m1/s1. The maximum atomic E-state index is 12.0. The maximum absolute atomic E-state index is 12.0. The molecule has 4 aliphatic carbocycles. The Hall–Kier alpha value is -0.720. The molecule has 0 saturated heterocycles. The number of hydrazone groups is 1. The van der Waals surface area contributed by atoms with Crippen LogP contribution < -0.4 is 11.2 Å². The van der Waals surface area contributed by atoms with E-state index >= 15 is 0 Å².